The van der Waals surface area contributed by atoms with E-state index >= 15 is 0 Å². The highest BCUT2D eigenvalue weighted by Gasteiger charge is 2.19. The maximum Gasteiger partial charge on any atom is 0.137 e. The Morgan fingerprint density at radius 2 is 2.10 bits per heavy atom. The fourth-order valence-corrected chi connectivity index (χ4v) is 2.54. The summed E-state index contributed by atoms with van der Waals surface area (Å²) in [6.07, 6.45) is 0.776. The molecule has 0 fully saturated rings. The molecule has 0 saturated heterocycles. The number of anilines is 2. The van der Waals surface area contributed by atoms with E-state index in [0.29, 0.717) is 12.4 Å². The third-order valence-corrected chi connectivity index (χ3v) is 3.77. The molecule has 2 aromatic rings. The van der Waals surface area contributed by atoms with E-state index in [9.17, 15) is 0 Å². The zero-order valence-corrected chi connectivity index (χ0v) is 12.5. The van der Waals surface area contributed by atoms with Crippen molar-refractivity contribution < 1.29 is 4.74 Å². The number of rotatable bonds is 2. The normalized spacial score (nSPS) is 14.3. The predicted octanol–water partition coefficient (Wildman–Crippen LogP) is 2.33. The molecule has 1 aliphatic rings. The number of nitrogens with zero attached hydrogens (tertiary/aromatic N) is 3. The number of ether oxygens (including phenoxy) is 1. The summed E-state index contributed by atoms with van der Waals surface area (Å²) in [7, 11) is 0. The molecule has 1 aromatic heterocycles. The first-order valence-electron chi connectivity index (χ1n) is 7.27. The van der Waals surface area contributed by atoms with Crippen molar-refractivity contribution in [2.24, 2.45) is 0 Å². The quantitative estimate of drug-likeness (QED) is 0.917. The molecule has 0 radical (unpaired) electrons. The highest BCUT2D eigenvalue weighted by molar-refractivity contribution is 5.57. The van der Waals surface area contributed by atoms with Crippen LogP contribution in [0.25, 0.3) is 0 Å². The number of fused-ring (bicyclic) bond motifs is 1. The van der Waals surface area contributed by atoms with Crippen LogP contribution in [0.3, 0.4) is 0 Å². The molecule has 0 bridgehead atoms. The molecule has 0 amide bonds. The van der Waals surface area contributed by atoms with Gasteiger partial charge in [-0.1, -0.05) is 25.1 Å². The van der Waals surface area contributed by atoms with Crippen LogP contribution < -0.4 is 15.4 Å². The van der Waals surface area contributed by atoms with Crippen molar-refractivity contribution in [2.45, 2.75) is 26.8 Å². The average Bonchev–Trinajstić information content (AvgIpc) is 2.72. The van der Waals surface area contributed by atoms with E-state index in [1.165, 1.54) is 5.56 Å². The van der Waals surface area contributed by atoms with Crippen molar-refractivity contribution in [1.29, 1.82) is 0 Å². The first kappa shape index (κ1) is 13.7. The summed E-state index contributed by atoms with van der Waals surface area (Å²) in [5.41, 5.74) is 8.14. The van der Waals surface area contributed by atoms with Crippen molar-refractivity contribution in [3.63, 3.8) is 0 Å². The van der Waals surface area contributed by atoms with Gasteiger partial charge >= 0.3 is 0 Å². The fraction of sp³-hybridized carbons (Fsp3) is 0.375. The lowest BCUT2D eigenvalue weighted by Gasteiger charge is -2.23. The molecule has 3 rings (SSSR count). The number of aryl methyl sites for hydroxylation is 1. The van der Waals surface area contributed by atoms with Crippen molar-refractivity contribution in [3.8, 4) is 5.75 Å². The molecule has 0 atom stereocenters. The van der Waals surface area contributed by atoms with E-state index in [0.717, 1.165) is 42.5 Å². The van der Waals surface area contributed by atoms with Gasteiger partial charge in [-0.25, -0.2) is 9.97 Å². The maximum absolute atomic E-state index is 6.03. The van der Waals surface area contributed by atoms with Gasteiger partial charge in [-0.2, -0.15) is 0 Å². The van der Waals surface area contributed by atoms with Gasteiger partial charge in [0.05, 0.1) is 6.54 Å². The van der Waals surface area contributed by atoms with Crippen molar-refractivity contribution >= 4 is 11.6 Å². The minimum atomic E-state index is 0.565. The van der Waals surface area contributed by atoms with E-state index in [-0.39, 0.29) is 0 Å². The average molecular weight is 284 g/mol. The molecule has 1 aliphatic heterocycles. The molecule has 110 valence electrons. The molecule has 5 nitrogen and oxygen atoms in total. The summed E-state index contributed by atoms with van der Waals surface area (Å²) in [6.45, 7) is 6.21. The van der Waals surface area contributed by atoms with Crippen LogP contribution in [-0.4, -0.2) is 23.1 Å². The van der Waals surface area contributed by atoms with Gasteiger partial charge in [-0.05, 0) is 13.0 Å². The standard InChI is InChI=1S/C16H20N4O/c1-3-14-18-15(17)11(2)16(19-14)20-8-9-21-13-7-5-4-6-12(13)10-20/h4-7H,3,8-10H2,1-2H3,(H2,17,18,19). The number of hydrogen-bond donors (Lipinski definition) is 1. The van der Waals surface area contributed by atoms with E-state index in [1.807, 2.05) is 32.0 Å². The number of benzene rings is 1. The number of para-hydroxylation sites is 1. The summed E-state index contributed by atoms with van der Waals surface area (Å²) in [5.74, 6) is 3.22. The second-order valence-corrected chi connectivity index (χ2v) is 5.20. The van der Waals surface area contributed by atoms with Crippen molar-refractivity contribution in [2.75, 3.05) is 23.8 Å². The molecular formula is C16H20N4O. The van der Waals surface area contributed by atoms with Crippen LogP contribution in [0, 0.1) is 6.92 Å². The number of nitrogens with two attached hydrogens (primary N) is 1. The maximum atomic E-state index is 6.03. The Morgan fingerprint density at radius 1 is 1.29 bits per heavy atom. The van der Waals surface area contributed by atoms with Gasteiger partial charge < -0.3 is 15.4 Å². The SMILES string of the molecule is CCc1nc(N)c(C)c(N2CCOc3ccccc3C2)n1. The summed E-state index contributed by atoms with van der Waals surface area (Å²) < 4.78 is 5.81. The van der Waals surface area contributed by atoms with Crippen LogP contribution in [0.2, 0.25) is 0 Å². The van der Waals surface area contributed by atoms with Gasteiger partial charge in [0, 0.05) is 24.1 Å². The largest absolute Gasteiger partial charge is 0.491 e. The van der Waals surface area contributed by atoms with E-state index in [2.05, 4.69) is 20.9 Å². The molecule has 0 unspecified atom stereocenters. The van der Waals surface area contributed by atoms with Crippen molar-refractivity contribution in [3.05, 3.63) is 41.2 Å². The Hall–Kier alpha value is -2.30. The lowest BCUT2D eigenvalue weighted by molar-refractivity contribution is 0.331. The summed E-state index contributed by atoms with van der Waals surface area (Å²) in [6, 6.07) is 8.13. The first-order valence-corrected chi connectivity index (χ1v) is 7.27. The third-order valence-electron chi connectivity index (χ3n) is 3.77. The minimum absolute atomic E-state index is 0.565. The second-order valence-electron chi connectivity index (χ2n) is 5.20. The zero-order chi connectivity index (χ0) is 14.8. The van der Waals surface area contributed by atoms with Crippen LogP contribution in [0.15, 0.2) is 24.3 Å². The smallest absolute Gasteiger partial charge is 0.137 e. The van der Waals surface area contributed by atoms with Crippen molar-refractivity contribution in [1.82, 2.24) is 9.97 Å². The summed E-state index contributed by atoms with van der Waals surface area (Å²) in [5, 5.41) is 0. The van der Waals surface area contributed by atoms with Gasteiger partial charge in [-0.3, -0.25) is 0 Å². The third kappa shape index (κ3) is 2.63. The van der Waals surface area contributed by atoms with Crippen LogP contribution in [-0.2, 0) is 13.0 Å². The van der Waals surface area contributed by atoms with Gasteiger partial charge in [0.1, 0.15) is 29.8 Å². The molecule has 2 N–H and O–H groups in total. The fourth-order valence-electron chi connectivity index (χ4n) is 2.54. The molecule has 5 heteroatoms. The highest BCUT2D eigenvalue weighted by Crippen LogP contribution is 2.28. The van der Waals surface area contributed by atoms with Crippen LogP contribution in [0.5, 0.6) is 5.75 Å². The first-order chi connectivity index (χ1) is 10.2. The molecule has 21 heavy (non-hydrogen) atoms. The van der Waals surface area contributed by atoms with Gasteiger partial charge in [0.15, 0.2) is 0 Å². The molecule has 1 aromatic carbocycles. The highest BCUT2D eigenvalue weighted by atomic mass is 16.5. The molecule has 2 heterocycles. The zero-order valence-electron chi connectivity index (χ0n) is 12.5. The van der Waals surface area contributed by atoms with Crippen LogP contribution in [0.4, 0.5) is 11.6 Å². The lowest BCUT2D eigenvalue weighted by Crippen LogP contribution is -2.28. The van der Waals surface area contributed by atoms with Gasteiger partial charge in [-0.15, -0.1) is 0 Å². The Balaban J connectivity index is 1.99. The van der Waals surface area contributed by atoms with Gasteiger partial charge in [0.25, 0.3) is 0 Å². The molecule has 0 aliphatic carbocycles. The Morgan fingerprint density at radius 3 is 2.90 bits per heavy atom. The lowest BCUT2D eigenvalue weighted by atomic mass is 10.2. The Bertz CT molecular complexity index is 657. The monoisotopic (exact) mass is 284 g/mol. The molecule has 0 spiro atoms. The summed E-state index contributed by atoms with van der Waals surface area (Å²) >= 11 is 0. The number of hydrogen-bond acceptors (Lipinski definition) is 5. The van der Waals surface area contributed by atoms with Gasteiger partial charge in [0.2, 0.25) is 0 Å². The summed E-state index contributed by atoms with van der Waals surface area (Å²) in [4.78, 5) is 11.2. The van der Waals surface area contributed by atoms with E-state index in [4.69, 9.17) is 10.5 Å². The Kier molecular flexibility index (Phi) is 3.64. The topological polar surface area (TPSA) is 64.3 Å². The van der Waals surface area contributed by atoms with Crippen LogP contribution in [0.1, 0.15) is 23.9 Å². The number of nitrogen functional groups attached to an aromatic ring is 1. The second kappa shape index (κ2) is 5.60. The van der Waals surface area contributed by atoms with Crippen LogP contribution >= 0.6 is 0 Å². The molecule has 0 saturated carbocycles. The van der Waals surface area contributed by atoms with E-state index in [1.54, 1.807) is 0 Å². The molecular weight excluding hydrogens is 264 g/mol. The predicted molar refractivity (Wildman–Crippen MR) is 83.5 cm³/mol. The number of aromatic nitrogens is 2. The Labute approximate surface area is 124 Å². The van der Waals surface area contributed by atoms with E-state index < -0.39 is 0 Å². The minimum Gasteiger partial charge on any atom is -0.491 e.